The smallest absolute Gasteiger partial charge is 0.0646 e. The summed E-state index contributed by atoms with van der Waals surface area (Å²) >= 11 is 0. The number of rotatable bonds is 1. The summed E-state index contributed by atoms with van der Waals surface area (Å²) in [5, 5.41) is 1.10. The zero-order chi connectivity index (χ0) is 4.99. The summed E-state index contributed by atoms with van der Waals surface area (Å²) in [6.07, 6.45) is 3.62. The average Bonchev–Trinajstić information content (AvgIpc) is 1.35. The van der Waals surface area contributed by atoms with Gasteiger partial charge < -0.3 is 0 Å². The maximum atomic E-state index is 3.49. The minimum Gasteiger partial charge on any atom is -0.0991 e. The molecule has 0 aromatic carbocycles. The lowest BCUT2D eigenvalue weighted by molar-refractivity contribution is 1.67. The van der Waals surface area contributed by atoms with Crippen LogP contribution >= 0.6 is 0 Å². The van der Waals surface area contributed by atoms with Gasteiger partial charge in [0.15, 0.2) is 0 Å². The van der Waals surface area contributed by atoms with E-state index in [1.165, 1.54) is 0 Å². The molecule has 0 heterocycles. The van der Waals surface area contributed by atoms with Gasteiger partial charge in [0.25, 0.3) is 0 Å². The van der Waals surface area contributed by atoms with Gasteiger partial charge in [0.1, 0.15) is 0 Å². The summed E-state index contributed by atoms with van der Waals surface area (Å²) in [7, 11) is 3.27. The monoisotopic (exact) mass is 95.0 g/mol. The van der Waals surface area contributed by atoms with Crippen molar-refractivity contribution in [3.8, 4) is 0 Å². The summed E-state index contributed by atoms with van der Waals surface area (Å²) in [6.45, 7) is 5.45. The molecule has 0 nitrogen and oxygen atoms in total. The lowest BCUT2D eigenvalue weighted by atomic mass is 10.5. The van der Waals surface area contributed by atoms with Crippen LogP contribution in [-0.2, 0) is 0 Å². The minimum atomic E-state index is 1.10. The van der Waals surface area contributed by atoms with E-state index in [9.17, 15) is 0 Å². The molecule has 0 amide bonds. The average molecular weight is 95.2 g/mol. The molecule has 3 radical (unpaired) electrons. The predicted octanol–water partition coefficient (Wildman–Crippen LogP) is 1.24. The lowest BCUT2D eigenvalue weighted by Crippen LogP contribution is -1.64. The van der Waals surface area contributed by atoms with Gasteiger partial charge in [-0.2, -0.15) is 0 Å². The maximum Gasteiger partial charge on any atom is 0.0646 e. The normalized spacial score (nSPS) is 11.3. The molecule has 0 spiro atoms. The van der Waals surface area contributed by atoms with E-state index in [0.29, 0.717) is 0 Å². The van der Waals surface area contributed by atoms with Crippen LogP contribution in [0.3, 0.4) is 0 Å². The number of hydrogen-bond acceptors (Lipinski definition) is 0. The van der Waals surface area contributed by atoms with E-state index >= 15 is 0 Å². The van der Waals surface area contributed by atoms with Crippen molar-refractivity contribution in [2.24, 2.45) is 0 Å². The largest absolute Gasteiger partial charge is 0.0991 e. The van der Waals surface area contributed by atoms with Crippen LogP contribution in [0, 0.1) is 0 Å². The van der Waals surface area contributed by atoms with Crippen LogP contribution < -0.4 is 0 Å². The molecule has 0 unspecified atom stereocenters. The SMILES string of the molecule is C=C/C=C(/C)[Si]. The molecule has 0 bridgehead atoms. The van der Waals surface area contributed by atoms with E-state index in [2.05, 4.69) is 16.8 Å². The Hall–Kier alpha value is -0.303. The van der Waals surface area contributed by atoms with Crippen molar-refractivity contribution in [1.29, 1.82) is 0 Å². The first-order chi connectivity index (χ1) is 2.77. The Kier molecular flexibility index (Phi) is 2.76. The molecular formula is C5H7Si. The van der Waals surface area contributed by atoms with Gasteiger partial charge in [-0.1, -0.05) is 23.9 Å². The zero-order valence-electron chi connectivity index (χ0n) is 3.86. The third kappa shape index (κ3) is 3.70. The van der Waals surface area contributed by atoms with Crippen molar-refractivity contribution in [3.05, 3.63) is 23.9 Å². The van der Waals surface area contributed by atoms with Crippen molar-refractivity contribution in [3.63, 3.8) is 0 Å². The summed E-state index contributed by atoms with van der Waals surface area (Å²) < 4.78 is 0. The first-order valence-corrected chi connectivity index (χ1v) is 2.28. The molecule has 1 heteroatoms. The summed E-state index contributed by atoms with van der Waals surface area (Å²) in [5.41, 5.74) is 0. The molecule has 31 valence electrons. The van der Waals surface area contributed by atoms with E-state index < -0.39 is 0 Å². The minimum absolute atomic E-state index is 1.10. The van der Waals surface area contributed by atoms with Crippen LogP contribution in [0.2, 0.25) is 0 Å². The Labute approximate surface area is 42.0 Å². The predicted molar refractivity (Wildman–Crippen MR) is 29.7 cm³/mol. The van der Waals surface area contributed by atoms with Gasteiger partial charge >= 0.3 is 0 Å². The standard InChI is InChI=1S/C5H7Si/c1-3-4-5(2)6/h3-4H,1H2,2H3/b5-4-. The second-order valence-electron chi connectivity index (χ2n) is 1.09. The fourth-order valence-corrected chi connectivity index (χ4v) is 0.295. The van der Waals surface area contributed by atoms with Crippen LogP contribution in [0.1, 0.15) is 6.92 Å². The Bertz CT molecular complexity index is 68.0. The number of hydrogen-bond donors (Lipinski definition) is 0. The fourth-order valence-electron chi connectivity index (χ4n) is 0.177. The van der Waals surface area contributed by atoms with Crippen LogP contribution in [0.5, 0.6) is 0 Å². The molecule has 0 atom stereocenters. The Balaban J connectivity index is 3.41. The van der Waals surface area contributed by atoms with Crippen molar-refractivity contribution in [1.82, 2.24) is 0 Å². The Morgan fingerprint density at radius 3 is 2.33 bits per heavy atom. The quantitative estimate of drug-likeness (QED) is 0.339. The summed E-state index contributed by atoms with van der Waals surface area (Å²) in [6, 6.07) is 0. The Morgan fingerprint density at radius 1 is 1.83 bits per heavy atom. The first kappa shape index (κ1) is 5.70. The molecule has 0 N–H and O–H groups in total. The highest BCUT2D eigenvalue weighted by molar-refractivity contribution is 6.21. The third-order valence-electron chi connectivity index (χ3n) is 0.368. The topological polar surface area (TPSA) is 0 Å². The van der Waals surface area contributed by atoms with Gasteiger partial charge in [-0.05, 0) is 6.92 Å². The Morgan fingerprint density at radius 2 is 2.33 bits per heavy atom. The van der Waals surface area contributed by atoms with Crippen LogP contribution in [0.15, 0.2) is 23.9 Å². The molecule has 0 fully saturated rings. The third-order valence-corrected chi connectivity index (χ3v) is 0.535. The zero-order valence-corrected chi connectivity index (χ0v) is 4.86. The van der Waals surface area contributed by atoms with Crippen molar-refractivity contribution in [2.75, 3.05) is 0 Å². The van der Waals surface area contributed by atoms with E-state index in [0.717, 1.165) is 5.20 Å². The maximum absolute atomic E-state index is 3.49. The van der Waals surface area contributed by atoms with Gasteiger partial charge in [-0.3, -0.25) is 0 Å². The van der Waals surface area contributed by atoms with E-state index in [1.807, 2.05) is 13.0 Å². The van der Waals surface area contributed by atoms with Gasteiger partial charge in [0.2, 0.25) is 0 Å². The molecule has 0 aliphatic rings. The molecule has 0 saturated carbocycles. The van der Waals surface area contributed by atoms with Crippen molar-refractivity contribution in [2.45, 2.75) is 6.92 Å². The van der Waals surface area contributed by atoms with E-state index in [4.69, 9.17) is 0 Å². The second kappa shape index (κ2) is 2.91. The molecule has 0 rings (SSSR count). The van der Waals surface area contributed by atoms with Gasteiger partial charge in [-0.15, -0.1) is 0 Å². The van der Waals surface area contributed by atoms with E-state index in [-0.39, 0.29) is 0 Å². The molecule has 0 aromatic rings. The van der Waals surface area contributed by atoms with Gasteiger partial charge in [-0.25, -0.2) is 0 Å². The molecular weight excluding hydrogens is 88.1 g/mol. The molecule has 0 aromatic heterocycles. The van der Waals surface area contributed by atoms with Crippen LogP contribution in [0.4, 0.5) is 0 Å². The van der Waals surface area contributed by atoms with Crippen LogP contribution in [0.25, 0.3) is 0 Å². The van der Waals surface area contributed by atoms with Gasteiger partial charge in [0.05, 0.1) is 10.2 Å². The molecule has 0 aliphatic heterocycles. The second-order valence-corrected chi connectivity index (χ2v) is 1.87. The van der Waals surface area contributed by atoms with E-state index in [1.54, 1.807) is 6.08 Å². The molecule has 0 aliphatic carbocycles. The highest BCUT2D eigenvalue weighted by atomic mass is 28.1. The van der Waals surface area contributed by atoms with Crippen LogP contribution in [-0.4, -0.2) is 10.2 Å². The summed E-state index contributed by atoms with van der Waals surface area (Å²) in [4.78, 5) is 0. The highest BCUT2D eigenvalue weighted by Crippen LogP contribution is 1.79. The molecule has 6 heavy (non-hydrogen) atoms. The molecule has 0 saturated heterocycles. The van der Waals surface area contributed by atoms with Crippen molar-refractivity contribution >= 4 is 10.2 Å². The highest BCUT2D eigenvalue weighted by Gasteiger charge is 1.64. The van der Waals surface area contributed by atoms with Crippen molar-refractivity contribution < 1.29 is 0 Å². The lowest BCUT2D eigenvalue weighted by Gasteiger charge is -1.75. The number of allylic oxidation sites excluding steroid dienone is 3. The first-order valence-electron chi connectivity index (χ1n) is 1.78. The summed E-state index contributed by atoms with van der Waals surface area (Å²) in [5.74, 6) is 0. The fraction of sp³-hybridized carbons (Fsp3) is 0.200. The van der Waals surface area contributed by atoms with Gasteiger partial charge in [0, 0.05) is 0 Å².